The number of nitro groups is 1. The van der Waals surface area contributed by atoms with E-state index in [1.54, 1.807) is 13.8 Å². The Labute approximate surface area is 202 Å². The van der Waals surface area contributed by atoms with Crippen molar-refractivity contribution in [1.29, 1.82) is 0 Å². The van der Waals surface area contributed by atoms with Crippen LogP contribution >= 0.6 is 11.6 Å². The largest absolute Gasteiger partial charge is 0.494 e. The normalized spacial score (nSPS) is 15.3. The van der Waals surface area contributed by atoms with Crippen LogP contribution in [-0.4, -0.2) is 35.5 Å². The van der Waals surface area contributed by atoms with Gasteiger partial charge >= 0.3 is 0 Å². The van der Waals surface area contributed by atoms with Crippen molar-refractivity contribution in [3.63, 3.8) is 0 Å². The second-order valence-electron chi connectivity index (χ2n) is 8.47. The molecule has 1 aliphatic heterocycles. The van der Waals surface area contributed by atoms with Crippen LogP contribution in [-0.2, 0) is 17.8 Å². The lowest BCUT2D eigenvalue weighted by Gasteiger charge is -2.22. The molecule has 0 radical (unpaired) electrons. The summed E-state index contributed by atoms with van der Waals surface area (Å²) in [7, 11) is 0. The number of hydrogen-bond donors (Lipinski definition) is 2. The average Bonchev–Trinajstić information content (AvgIpc) is 3.14. The van der Waals surface area contributed by atoms with Crippen molar-refractivity contribution in [2.75, 3.05) is 6.61 Å². The summed E-state index contributed by atoms with van der Waals surface area (Å²) in [5.41, 5.74) is 1.67. The average molecular weight is 490 g/mol. The number of carbonyl (C=O) groups is 2. The van der Waals surface area contributed by atoms with Gasteiger partial charge in [-0.3, -0.25) is 19.7 Å². The number of benzene rings is 2. The molecule has 2 atom stereocenters. The first-order chi connectivity index (χ1) is 16.1. The van der Waals surface area contributed by atoms with Crippen molar-refractivity contribution in [2.24, 2.45) is 5.92 Å². The number of carbonyl (C=O) groups excluding carboxylic acids is 2. The third-order valence-electron chi connectivity index (χ3n) is 5.48. The zero-order valence-corrected chi connectivity index (χ0v) is 20.3. The summed E-state index contributed by atoms with van der Waals surface area (Å²) in [6, 6.07) is 6.54. The quantitative estimate of drug-likeness (QED) is 0.405. The number of nitrogens with zero attached hydrogens (tertiary/aromatic N) is 1. The smallest absolute Gasteiger partial charge is 0.270 e. The van der Waals surface area contributed by atoms with E-state index in [1.165, 1.54) is 12.1 Å². The predicted molar refractivity (Wildman–Crippen MR) is 127 cm³/mol. The van der Waals surface area contributed by atoms with E-state index in [-0.39, 0.29) is 40.7 Å². The van der Waals surface area contributed by atoms with E-state index in [0.717, 1.165) is 29.4 Å². The number of non-ortho nitro benzene ring substituents is 1. The highest BCUT2D eigenvalue weighted by Crippen LogP contribution is 2.35. The molecular weight excluding hydrogens is 462 g/mol. The minimum Gasteiger partial charge on any atom is -0.494 e. The standard InChI is InChI=1S/C24H28ClN3O6/c1-5-33-20-9-15-8-14(4)34-21(15)10-16(20)12-26-24(30)22(13(2)3)27-23(29)18-7-6-17(28(31)32)11-19(18)25/h6-7,9-11,13-14,22H,5,8,12H2,1-4H3,(H,26,30)(H,27,29)/t14-,22+/m1/s1. The summed E-state index contributed by atoms with van der Waals surface area (Å²) in [5, 5.41) is 16.4. The second kappa shape index (κ2) is 10.7. The molecule has 182 valence electrons. The summed E-state index contributed by atoms with van der Waals surface area (Å²) in [4.78, 5) is 36.0. The lowest BCUT2D eigenvalue weighted by atomic mass is 10.0. The number of halogens is 1. The maximum Gasteiger partial charge on any atom is 0.270 e. The van der Waals surface area contributed by atoms with Gasteiger partial charge in [0, 0.05) is 36.2 Å². The van der Waals surface area contributed by atoms with E-state index in [9.17, 15) is 19.7 Å². The molecule has 3 rings (SSSR count). The monoisotopic (exact) mass is 489 g/mol. The van der Waals surface area contributed by atoms with Gasteiger partial charge in [0.2, 0.25) is 5.91 Å². The van der Waals surface area contributed by atoms with Crippen LogP contribution in [0.4, 0.5) is 5.69 Å². The van der Waals surface area contributed by atoms with Gasteiger partial charge < -0.3 is 20.1 Å². The maximum atomic E-state index is 13.0. The van der Waals surface area contributed by atoms with Crippen LogP contribution in [0.15, 0.2) is 30.3 Å². The first-order valence-corrected chi connectivity index (χ1v) is 11.5. The van der Waals surface area contributed by atoms with Crippen molar-refractivity contribution < 1.29 is 24.0 Å². The molecule has 2 aromatic rings. The van der Waals surface area contributed by atoms with Gasteiger partial charge in [0.05, 0.1) is 22.1 Å². The summed E-state index contributed by atoms with van der Waals surface area (Å²) < 4.78 is 11.6. The Kier molecular flexibility index (Phi) is 7.98. The molecule has 0 saturated heterocycles. The second-order valence-corrected chi connectivity index (χ2v) is 8.87. The van der Waals surface area contributed by atoms with Crippen LogP contribution in [0, 0.1) is 16.0 Å². The topological polar surface area (TPSA) is 120 Å². The first kappa shape index (κ1) is 25.3. The summed E-state index contributed by atoms with van der Waals surface area (Å²) in [6.07, 6.45) is 0.885. The lowest BCUT2D eigenvalue weighted by Crippen LogP contribution is -2.49. The van der Waals surface area contributed by atoms with E-state index in [0.29, 0.717) is 12.4 Å². The Hall–Kier alpha value is -3.33. The van der Waals surface area contributed by atoms with E-state index < -0.39 is 16.9 Å². The van der Waals surface area contributed by atoms with E-state index in [1.807, 2.05) is 26.0 Å². The third-order valence-corrected chi connectivity index (χ3v) is 5.79. The summed E-state index contributed by atoms with van der Waals surface area (Å²) in [6.45, 7) is 8.17. The number of ether oxygens (including phenoxy) is 2. The molecule has 0 saturated carbocycles. The van der Waals surface area contributed by atoms with Crippen LogP contribution in [0.25, 0.3) is 0 Å². The highest BCUT2D eigenvalue weighted by atomic mass is 35.5. The molecule has 34 heavy (non-hydrogen) atoms. The molecule has 1 heterocycles. The first-order valence-electron chi connectivity index (χ1n) is 11.1. The Balaban J connectivity index is 1.72. The van der Waals surface area contributed by atoms with Gasteiger partial charge in [-0.2, -0.15) is 0 Å². The van der Waals surface area contributed by atoms with Gasteiger partial charge in [0.1, 0.15) is 23.6 Å². The highest BCUT2D eigenvalue weighted by molar-refractivity contribution is 6.34. The minimum atomic E-state index is -0.847. The zero-order chi connectivity index (χ0) is 25.0. The van der Waals surface area contributed by atoms with Gasteiger partial charge in [-0.05, 0) is 38.0 Å². The fourth-order valence-corrected chi connectivity index (χ4v) is 4.02. The third kappa shape index (κ3) is 5.77. The predicted octanol–water partition coefficient (Wildman–Crippen LogP) is 4.04. The van der Waals surface area contributed by atoms with Gasteiger partial charge in [-0.1, -0.05) is 25.4 Å². The van der Waals surface area contributed by atoms with Crippen LogP contribution < -0.4 is 20.1 Å². The Bertz CT molecular complexity index is 1100. The van der Waals surface area contributed by atoms with E-state index in [2.05, 4.69) is 10.6 Å². The minimum absolute atomic E-state index is 0.0502. The molecule has 0 aromatic heterocycles. The molecule has 0 unspecified atom stereocenters. The molecular formula is C24H28ClN3O6. The summed E-state index contributed by atoms with van der Waals surface area (Å²) >= 11 is 6.06. The molecule has 2 amide bonds. The van der Waals surface area contributed by atoms with Gasteiger partial charge in [0.15, 0.2) is 0 Å². The van der Waals surface area contributed by atoms with Crippen molar-refractivity contribution >= 4 is 29.1 Å². The van der Waals surface area contributed by atoms with Crippen molar-refractivity contribution in [3.05, 3.63) is 62.2 Å². The SMILES string of the molecule is CCOc1cc2c(cc1CNC(=O)[C@@H](NC(=O)c1ccc([N+](=O)[O-])cc1Cl)C(C)C)O[C@H](C)C2. The van der Waals surface area contributed by atoms with Crippen LogP contribution in [0.2, 0.25) is 5.02 Å². The maximum absolute atomic E-state index is 13.0. The number of rotatable bonds is 9. The van der Waals surface area contributed by atoms with Crippen LogP contribution in [0.5, 0.6) is 11.5 Å². The number of fused-ring (bicyclic) bond motifs is 1. The molecule has 0 aliphatic carbocycles. The number of nitro benzene ring substituents is 1. The van der Waals surface area contributed by atoms with Gasteiger partial charge in [-0.15, -0.1) is 0 Å². The molecule has 9 nitrogen and oxygen atoms in total. The van der Waals surface area contributed by atoms with Gasteiger partial charge in [-0.25, -0.2) is 0 Å². The fraction of sp³-hybridized carbons (Fsp3) is 0.417. The van der Waals surface area contributed by atoms with Crippen molar-refractivity contribution in [1.82, 2.24) is 10.6 Å². The molecule has 0 spiro atoms. The lowest BCUT2D eigenvalue weighted by molar-refractivity contribution is -0.384. The van der Waals surface area contributed by atoms with E-state index >= 15 is 0 Å². The molecule has 0 fully saturated rings. The molecule has 10 heteroatoms. The van der Waals surface area contributed by atoms with Crippen LogP contribution in [0.1, 0.15) is 49.2 Å². The van der Waals surface area contributed by atoms with Crippen molar-refractivity contribution in [3.8, 4) is 11.5 Å². The molecule has 1 aliphatic rings. The highest BCUT2D eigenvalue weighted by Gasteiger charge is 2.27. The number of amides is 2. The van der Waals surface area contributed by atoms with Crippen LogP contribution in [0.3, 0.4) is 0 Å². The zero-order valence-electron chi connectivity index (χ0n) is 19.5. The molecule has 2 N–H and O–H groups in total. The van der Waals surface area contributed by atoms with Crippen molar-refractivity contribution in [2.45, 2.75) is 52.8 Å². The Morgan fingerprint density at radius 2 is 2.03 bits per heavy atom. The Morgan fingerprint density at radius 3 is 2.65 bits per heavy atom. The fourth-order valence-electron chi connectivity index (χ4n) is 3.76. The van der Waals surface area contributed by atoms with E-state index in [4.69, 9.17) is 21.1 Å². The van der Waals surface area contributed by atoms with Gasteiger partial charge in [0.25, 0.3) is 11.6 Å². The molecule has 0 bridgehead atoms. The summed E-state index contributed by atoms with van der Waals surface area (Å²) in [5.74, 6) is 0.266. The molecule has 2 aromatic carbocycles. The number of nitrogens with one attached hydrogen (secondary N) is 2. The number of hydrogen-bond acceptors (Lipinski definition) is 6. The Morgan fingerprint density at radius 1 is 1.29 bits per heavy atom.